The van der Waals surface area contributed by atoms with Crippen molar-refractivity contribution in [3.05, 3.63) is 346 Å². The molecule has 13 rings (SSSR count). The number of hydrogen-bond donors (Lipinski definition) is 0. The molecule has 6 nitrogen and oxygen atoms in total. The Bertz CT molecular complexity index is 4560. The van der Waals surface area contributed by atoms with Crippen LogP contribution in [0.5, 0.6) is 34.5 Å². The van der Waals surface area contributed by atoms with E-state index in [1.807, 2.05) is 0 Å². The molecule has 0 unspecified atom stereocenters. The molecule has 0 fully saturated rings. The molecule has 7 heteroatoms. The van der Waals surface area contributed by atoms with Crippen molar-refractivity contribution in [2.45, 2.75) is 260 Å². The topological polar surface area (TPSA) is 55.4 Å². The van der Waals surface area contributed by atoms with Gasteiger partial charge in [-0.05, 0) is 0 Å². The zero-order valence-corrected chi connectivity index (χ0v) is 72.9. The van der Waals surface area contributed by atoms with Gasteiger partial charge < -0.3 is 0 Å². The Morgan fingerprint density at radius 1 is 0.265 bits per heavy atom. The van der Waals surface area contributed by atoms with Gasteiger partial charge in [-0.2, -0.15) is 0 Å². The first-order chi connectivity index (χ1) is 53.7. The standard InChI is InChI=1S/C106H122O6Se/c1-20-21-45-113-100-74-43-34-44-75(100)69-112-99-86-49-81-57-89(102(5,6)7)53-77(95(81)108-65-71-37-28-23-29-38-71)46-76-52-88(101(2,3)4)56-80(94(76)107-64-70-35-26-22-27-36-70)48-84-60-92(105(14,15)16)61-85(98(84)111-68-74)50-82-58-90(103(8,9)10)54-78(96(82)109-66-72-39-30-24-31-40-72)47-79-55-91(104(11,12)13)59-83(51-87(99)63-93(62-86)106(17,18)19)97(79)110-67-73-41-32-25-33-42-73/h22-44,52-63H,20-21,45-51,64-69H2,1-19H3. The summed E-state index contributed by atoms with van der Waals surface area (Å²) in [6.07, 6.45) is 5.40. The monoisotopic (exact) mass is 1570 g/mol. The van der Waals surface area contributed by atoms with Crippen LogP contribution in [0.2, 0.25) is 5.32 Å². The van der Waals surface area contributed by atoms with Crippen LogP contribution in [0.1, 0.15) is 278 Å². The summed E-state index contributed by atoms with van der Waals surface area (Å²) in [5.74, 6) is 5.30. The average Bonchev–Trinajstić information content (AvgIpc) is 0.763. The molecule has 0 amide bonds. The van der Waals surface area contributed by atoms with Crippen LogP contribution in [-0.4, -0.2) is 15.0 Å². The molecule has 588 valence electrons. The molecule has 0 atom stereocenters. The van der Waals surface area contributed by atoms with Crippen molar-refractivity contribution < 1.29 is 28.4 Å². The van der Waals surface area contributed by atoms with Gasteiger partial charge in [-0.3, -0.25) is 0 Å². The van der Waals surface area contributed by atoms with E-state index in [1.165, 1.54) is 49.0 Å². The van der Waals surface area contributed by atoms with E-state index >= 15 is 0 Å². The van der Waals surface area contributed by atoms with Crippen LogP contribution in [0.4, 0.5) is 0 Å². The Balaban J connectivity index is 1.22. The first kappa shape index (κ1) is 81.7. The van der Waals surface area contributed by atoms with E-state index in [9.17, 15) is 0 Å². The van der Waals surface area contributed by atoms with Crippen LogP contribution in [-0.2, 0) is 111 Å². The predicted molar refractivity (Wildman–Crippen MR) is 471 cm³/mol. The van der Waals surface area contributed by atoms with Gasteiger partial charge in [0.15, 0.2) is 0 Å². The van der Waals surface area contributed by atoms with Gasteiger partial charge in [-0.1, -0.05) is 121 Å². The van der Waals surface area contributed by atoms with Gasteiger partial charge in [0.2, 0.25) is 0 Å². The summed E-state index contributed by atoms with van der Waals surface area (Å²) in [5, 5.41) is 1.09. The first-order valence-electron chi connectivity index (χ1n) is 41.3. The van der Waals surface area contributed by atoms with Crippen molar-refractivity contribution in [1.82, 2.24) is 0 Å². The molecule has 0 radical (unpaired) electrons. The molecule has 0 spiro atoms. The molecule has 12 bridgehead atoms. The van der Waals surface area contributed by atoms with Crippen LogP contribution < -0.4 is 32.9 Å². The number of ether oxygens (including phenoxy) is 6. The van der Waals surface area contributed by atoms with Gasteiger partial charge in [0.25, 0.3) is 0 Å². The summed E-state index contributed by atoms with van der Waals surface area (Å²) in [5.41, 5.74) is 25.9. The van der Waals surface area contributed by atoms with Crippen molar-refractivity contribution in [2.24, 2.45) is 0 Å². The zero-order chi connectivity index (χ0) is 80.2. The second-order valence-corrected chi connectivity index (χ2v) is 40.4. The van der Waals surface area contributed by atoms with Gasteiger partial charge in [0, 0.05) is 0 Å². The first-order valence-corrected chi connectivity index (χ1v) is 43.4. The summed E-state index contributed by atoms with van der Waals surface area (Å²) in [6, 6.07) is 79.2. The van der Waals surface area contributed by atoms with Crippen molar-refractivity contribution in [3.63, 3.8) is 0 Å². The number of hydrogen-bond acceptors (Lipinski definition) is 6. The quantitative estimate of drug-likeness (QED) is 0.0710. The molecule has 2 aliphatic rings. The molecule has 2 heterocycles. The summed E-state index contributed by atoms with van der Waals surface area (Å²) in [4.78, 5) is 0. The second kappa shape index (κ2) is 34.0. The summed E-state index contributed by atoms with van der Waals surface area (Å²) >= 11 is 0.0827. The normalized spacial score (nSPS) is 13.6. The Hall–Kier alpha value is -9.26. The van der Waals surface area contributed by atoms with Crippen molar-refractivity contribution in [2.75, 3.05) is 0 Å². The number of unbranched alkanes of at least 4 members (excludes halogenated alkanes) is 1. The molecule has 11 aromatic carbocycles. The van der Waals surface area contributed by atoms with E-state index in [-0.39, 0.29) is 47.4 Å². The second-order valence-electron chi connectivity index (χ2n) is 38.1. The van der Waals surface area contributed by atoms with Crippen LogP contribution in [0.15, 0.2) is 212 Å². The van der Waals surface area contributed by atoms with Crippen molar-refractivity contribution >= 4 is 19.4 Å². The van der Waals surface area contributed by atoms with Gasteiger partial charge in [-0.15, -0.1) is 0 Å². The summed E-state index contributed by atoms with van der Waals surface area (Å²) < 4.78 is 48.0. The van der Waals surface area contributed by atoms with E-state index in [4.69, 9.17) is 28.4 Å². The van der Waals surface area contributed by atoms with E-state index in [1.54, 1.807) is 0 Å². The van der Waals surface area contributed by atoms with Crippen LogP contribution >= 0.6 is 0 Å². The molecular formula is C106H122O6Se. The number of rotatable bonds is 16. The fourth-order valence-electron chi connectivity index (χ4n) is 15.6. The Morgan fingerprint density at radius 2 is 0.478 bits per heavy atom. The average molecular weight is 1570 g/mol. The van der Waals surface area contributed by atoms with Crippen molar-refractivity contribution in [3.8, 4) is 34.5 Å². The van der Waals surface area contributed by atoms with Crippen LogP contribution in [0.3, 0.4) is 0 Å². The SMILES string of the molecule is CCCC[Se]c1c2cccc1COc1c3cc(C(C)(C)C)cc1Cc1cc(C(C)(C)C)cc(c1OCc1ccccc1)Cc1cc(C(C)(C)C)cc(c1OCc1ccccc1)Cc1cc(C(C)(C)C)cc(c1OC2)Cc1cc(C(C)(C)C)cc(c1OCc1ccccc1)Cc1cc(C(C)(C)C)cc(c1OCc1ccccc1)C3. The van der Waals surface area contributed by atoms with Gasteiger partial charge in [0.1, 0.15) is 0 Å². The number of benzene rings is 11. The fraction of sp³-hybridized carbons (Fsp3) is 0.377. The van der Waals surface area contributed by atoms with Crippen LogP contribution in [0.25, 0.3) is 0 Å². The third-order valence-corrected chi connectivity index (χ3v) is 25.2. The fourth-order valence-corrected chi connectivity index (χ4v) is 18.3. The molecule has 0 aromatic heterocycles. The predicted octanol–water partition coefficient (Wildman–Crippen LogP) is 25.7. The van der Waals surface area contributed by atoms with Crippen LogP contribution in [0, 0.1) is 0 Å². The summed E-state index contributed by atoms with van der Waals surface area (Å²) in [6.45, 7) is 47.0. The molecular weight excluding hydrogens is 1450 g/mol. The van der Waals surface area contributed by atoms with E-state index in [2.05, 4.69) is 344 Å². The molecule has 11 aromatic rings. The third-order valence-electron chi connectivity index (χ3n) is 22.5. The molecule has 0 saturated carbocycles. The molecule has 113 heavy (non-hydrogen) atoms. The van der Waals surface area contributed by atoms with E-state index in [0.29, 0.717) is 78.2 Å². The zero-order valence-electron chi connectivity index (χ0n) is 71.2. The van der Waals surface area contributed by atoms with Gasteiger partial charge in [0.05, 0.1) is 0 Å². The Labute approximate surface area is 684 Å². The van der Waals surface area contributed by atoms with E-state index < -0.39 is 0 Å². The number of fused-ring (bicyclic) bond motifs is 10. The Morgan fingerprint density at radius 3 is 0.690 bits per heavy atom. The maximum absolute atomic E-state index is 8.02. The summed E-state index contributed by atoms with van der Waals surface area (Å²) in [7, 11) is 0. The molecule has 2 aliphatic heterocycles. The third kappa shape index (κ3) is 20.1. The van der Waals surface area contributed by atoms with Crippen molar-refractivity contribution in [1.29, 1.82) is 0 Å². The Kier molecular flexibility index (Phi) is 24.6. The van der Waals surface area contributed by atoms with E-state index in [0.717, 1.165) is 142 Å². The minimum absolute atomic E-state index is 0.0827. The minimum atomic E-state index is -0.276. The van der Waals surface area contributed by atoms with Gasteiger partial charge >= 0.3 is 567 Å². The molecule has 0 aliphatic carbocycles. The molecule has 0 saturated heterocycles. The molecule has 0 N–H and O–H groups in total. The van der Waals surface area contributed by atoms with Gasteiger partial charge in [-0.25, -0.2) is 0 Å². The maximum atomic E-state index is 8.02.